The van der Waals surface area contributed by atoms with E-state index in [1.165, 1.54) is 0 Å². The third-order valence-electron chi connectivity index (χ3n) is 2.00. The number of phenols is 1. The standard InChI is InChI=1S/C9H9ClFNO3/c10-5-1-2-6(11)7(8(5)13)4(3-12)9(14)15/h1-2,4,13H,3,12H2,(H,14,15). The second kappa shape index (κ2) is 4.46. The van der Waals surface area contributed by atoms with E-state index in [1.54, 1.807) is 0 Å². The second-order valence-electron chi connectivity index (χ2n) is 2.92. The average Bonchev–Trinajstić information content (AvgIpc) is 2.18. The molecule has 0 bridgehead atoms. The van der Waals surface area contributed by atoms with Crippen LogP contribution in [0.1, 0.15) is 11.5 Å². The number of hydrogen-bond donors (Lipinski definition) is 3. The van der Waals surface area contributed by atoms with E-state index >= 15 is 0 Å². The Morgan fingerprint density at radius 2 is 2.20 bits per heavy atom. The highest BCUT2D eigenvalue weighted by Gasteiger charge is 2.26. The molecule has 0 heterocycles. The van der Waals surface area contributed by atoms with Gasteiger partial charge < -0.3 is 15.9 Å². The molecular formula is C9H9ClFNO3. The van der Waals surface area contributed by atoms with Gasteiger partial charge >= 0.3 is 5.97 Å². The highest BCUT2D eigenvalue weighted by molar-refractivity contribution is 6.32. The van der Waals surface area contributed by atoms with Crippen LogP contribution in [0.5, 0.6) is 5.75 Å². The minimum Gasteiger partial charge on any atom is -0.506 e. The second-order valence-corrected chi connectivity index (χ2v) is 3.33. The van der Waals surface area contributed by atoms with Crippen LogP contribution in [0.25, 0.3) is 0 Å². The van der Waals surface area contributed by atoms with Crippen molar-refractivity contribution in [1.82, 2.24) is 0 Å². The van der Waals surface area contributed by atoms with Crippen LogP contribution in [-0.4, -0.2) is 22.7 Å². The van der Waals surface area contributed by atoms with Crippen molar-refractivity contribution in [3.8, 4) is 5.75 Å². The molecule has 0 saturated heterocycles. The lowest BCUT2D eigenvalue weighted by Gasteiger charge is -2.13. The molecule has 1 aromatic rings. The topological polar surface area (TPSA) is 83.6 Å². The van der Waals surface area contributed by atoms with E-state index in [9.17, 15) is 14.3 Å². The number of aromatic hydroxyl groups is 1. The lowest BCUT2D eigenvalue weighted by atomic mass is 9.98. The van der Waals surface area contributed by atoms with Crippen molar-refractivity contribution in [3.05, 3.63) is 28.5 Å². The van der Waals surface area contributed by atoms with E-state index in [0.717, 1.165) is 12.1 Å². The Bertz CT molecular complexity index is 397. The van der Waals surface area contributed by atoms with Crippen LogP contribution >= 0.6 is 11.6 Å². The van der Waals surface area contributed by atoms with Gasteiger partial charge in [-0.15, -0.1) is 0 Å². The van der Waals surface area contributed by atoms with Crippen molar-refractivity contribution in [3.63, 3.8) is 0 Å². The predicted molar refractivity (Wildman–Crippen MR) is 52.5 cm³/mol. The summed E-state index contributed by atoms with van der Waals surface area (Å²) in [7, 11) is 0. The lowest BCUT2D eigenvalue weighted by molar-refractivity contribution is -0.138. The molecule has 15 heavy (non-hydrogen) atoms. The Kier molecular flexibility index (Phi) is 3.49. The Balaban J connectivity index is 3.34. The summed E-state index contributed by atoms with van der Waals surface area (Å²) in [5, 5.41) is 18.1. The van der Waals surface area contributed by atoms with E-state index in [0.29, 0.717) is 0 Å². The van der Waals surface area contributed by atoms with E-state index < -0.39 is 23.5 Å². The van der Waals surface area contributed by atoms with Crippen molar-refractivity contribution < 1.29 is 19.4 Å². The van der Waals surface area contributed by atoms with Crippen LogP contribution in [-0.2, 0) is 4.79 Å². The molecule has 0 radical (unpaired) electrons. The third kappa shape index (κ3) is 2.19. The zero-order valence-corrected chi connectivity index (χ0v) is 8.33. The van der Waals surface area contributed by atoms with E-state index in [4.69, 9.17) is 22.4 Å². The van der Waals surface area contributed by atoms with Crippen molar-refractivity contribution in [2.24, 2.45) is 5.73 Å². The van der Waals surface area contributed by atoms with Gasteiger partial charge in [-0.25, -0.2) is 4.39 Å². The third-order valence-corrected chi connectivity index (χ3v) is 2.30. The number of phenolic OH excluding ortho intramolecular Hbond substituents is 1. The van der Waals surface area contributed by atoms with Crippen molar-refractivity contribution in [2.75, 3.05) is 6.54 Å². The summed E-state index contributed by atoms with van der Waals surface area (Å²) in [6, 6.07) is 2.13. The molecule has 4 nitrogen and oxygen atoms in total. The molecular weight excluding hydrogens is 225 g/mol. The molecule has 1 unspecified atom stereocenters. The molecule has 0 aliphatic heterocycles. The Labute approximate surface area is 90.1 Å². The summed E-state index contributed by atoms with van der Waals surface area (Å²) in [6.07, 6.45) is 0. The molecule has 0 amide bonds. The largest absolute Gasteiger partial charge is 0.506 e. The van der Waals surface area contributed by atoms with Gasteiger partial charge in [0.25, 0.3) is 0 Å². The number of carboxylic acid groups (broad SMARTS) is 1. The van der Waals surface area contributed by atoms with Gasteiger partial charge in [-0.2, -0.15) is 0 Å². The molecule has 0 saturated carbocycles. The number of carboxylic acids is 1. The van der Waals surface area contributed by atoms with Crippen LogP contribution in [0.2, 0.25) is 5.02 Å². The fourth-order valence-electron chi connectivity index (χ4n) is 1.23. The summed E-state index contributed by atoms with van der Waals surface area (Å²) in [6.45, 7) is -0.319. The molecule has 0 fully saturated rings. The first-order valence-corrected chi connectivity index (χ1v) is 4.46. The van der Waals surface area contributed by atoms with E-state index in [-0.39, 0.29) is 17.1 Å². The number of aliphatic carboxylic acids is 1. The van der Waals surface area contributed by atoms with Crippen molar-refractivity contribution >= 4 is 17.6 Å². The van der Waals surface area contributed by atoms with Crippen LogP contribution in [0.4, 0.5) is 4.39 Å². The number of benzene rings is 1. The number of halogens is 2. The van der Waals surface area contributed by atoms with Crippen molar-refractivity contribution in [2.45, 2.75) is 5.92 Å². The monoisotopic (exact) mass is 233 g/mol. The summed E-state index contributed by atoms with van der Waals surface area (Å²) >= 11 is 5.54. The van der Waals surface area contributed by atoms with Crippen molar-refractivity contribution in [1.29, 1.82) is 0 Å². The first kappa shape index (κ1) is 11.7. The Hall–Kier alpha value is -1.33. The summed E-state index contributed by atoms with van der Waals surface area (Å²) < 4.78 is 13.3. The molecule has 6 heteroatoms. The van der Waals surface area contributed by atoms with E-state index in [2.05, 4.69) is 0 Å². The Morgan fingerprint density at radius 1 is 1.60 bits per heavy atom. The number of rotatable bonds is 3. The fraction of sp³-hybridized carbons (Fsp3) is 0.222. The van der Waals surface area contributed by atoms with E-state index in [1.807, 2.05) is 0 Å². The molecule has 0 aliphatic rings. The molecule has 0 aliphatic carbocycles. The molecule has 82 valence electrons. The number of hydrogen-bond acceptors (Lipinski definition) is 3. The highest BCUT2D eigenvalue weighted by Crippen LogP contribution is 2.34. The van der Waals surface area contributed by atoms with Crippen LogP contribution in [0.15, 0.2) is 12.1 Å². The summed E-state index contributed by atoms with van der Waals surface area (Å²) in [5.41, 5.74) is 4.81. The minimum absolute atomic E-state index is 0.105. The van der Waals surface area contributed by atoms with Gasteiger partial charge in [-0.3, -0.25) is 4.79 Å². The van der Waals surface area contributed by atoms with Crippen LogP contribution in [0.3, 0.4) is 0 Å². The fourth-order valence-corrected chi connectivity index (χ4v) is 1.40. The maximum Gasteiger partial charge on any atom is 0.312 e. The SMILES string of the molecule is NCC(C(=O)O)c1c(F)ccc(Cl)c1O. The minimum atomic E-state index is -1.31. The number of carbonyl (C=O) groups is 1. The zero-order valence-electron chi connectivity index (χ0n) is 7.58. The first-order valence-electron chi connectivity index (χ1n) is 4.08. The first-order chi connectivity index (χ1) is 6.99. The molecule has 1 aromatic carbocycles. The van der Waals surface area contributed by atoms with Gasteiger partial charge in [0.15, 0.2) is 0 Å². The van der Waals surface area contributed by atoms with Gasteiger partial charge in [-0.05, 0) is 12.1 Å². The van der Waals surface area contributed by atoms with Gasteiger partial charge in [0.1, 0.15) is 17.5 Å². The van der Waals surface area contributed by atoms with Gasteiger partial charge in [0.05, 0.1) is 5.02 Å². The van der Waals surface area contributed by atoms with Gasteiger partial charge in [0.2, 0.25) is 0 Å². The molecule has 1 rings (SSSR count). The quantitative estimate of drug-likeness (QED) is 0.735. The highest BCUT2D eigenvalue weighted by atomic mass is 35.5. The van der Waals surface area contributed by atoms with Gasteiger partial charge in [-0.1, -0.05) is 11.6 Å². The smallest absolute Gasteiger partial charge is 0.312 e. The van der Waals surface area contributed by atoms with Crippen LogP contribution < -0.4 is 5.73 Å². The number of nitrogens with two attached hydrogens (primary N) is 1. The Morgan fingerprint density at radius 3 is 2.67 bits per heavy atom. The predicted octanol–water partition coefficient (Wildman–Crippen LogP) is 1.31. The zero-order chi connectivity index (χ0) is 11.6. The van der Waals surface area contributed by atoms with Crippen LogP contribution in [0, 0.1) is 5.82 Å². The van der Waals surface area contributed by atoms with Gasteiger partial charge in [0, 0.05) is 12.1 Å². The molecule has 0 spiro atoms. The molecule has 0 aromatic heterocycles. The maximum absolute atomic E-state index is 13.3. The summed E-state index contributed by atoms with van der Waals surface area (Å²) in [4.78, 5) is 10.7. The normalized spacial score (nSPS) is 12.5. The average molecular weight is 234 g/mol. The molecule has 4 N–H and O–H groups in total. The lowest BCUT2D eigenvalue weighted by Crippen LogP contribution is -2.22. The maximum atomic E-state index is 13.3. The molecule has 1 atom stereocenters. The summed E-state index contributed by atoms with van der Waals surface area (Å²) in [5.74, 6) is -4.03.